The molecule has 2 N–H and O–H groups in total. The van der Waals surface area contributed by atoms with Crippen LogP contribution in [0.15, 0.2) is 96.0 Å². The highest BCUT2D eigenvalue weighted by atomic mass is 32.2. The molecule has 0 radical (unpaired) electrons. The quantitative estimate of drug-likeness (QED) is 0.264. The largest absolute Gasteiger partial charge is 0.377 e. The number of nitrogens with one attached hydrogen (secondary N) is 2. The van der Waals surface area contributed by atoms with Gasteiger partial charge >= 0.3 is 0 Å². The molecule has 0 aliphatic heterocycles. The first-order chi connectivity index (χ1) is 19.8. The third-order valence-electron chi connectivity index (χ3n) is 7.81. The fraction of sp³-hybridized carbons (Fsp3) is 0.250. The van der Waals surface area contributed by atoms with E-state index < -0.39 is 10.0 Å². The van der Waals surface area contributed by atoms with Crippen molar-refractivity contribution in [2.24, 2.45) is 0 Å². The van der Waals surface area contributed by atoms with Gasteiger partial charge in [0.15, 0.2) is 0 Å². The summed E-state index contributed by atoms with van der Waals surface area (Å²) in [6.45, 7) is 0. The van der Waals surface area contributed by atoms with Crippen LogP contribution in [0.4, 0.5) is 11.5 Å². The predicted molar refractivity (Wildman–Crippen MR) is 164 cm³/mol. The molecule has 9 heteroatoms. The zero-order valence-electron chi connectivity index (χ0n) is 23.1. The molecule has 1 saturated carbocycles. The number of pyridine rings is 1. The average Bonchev–Trinajstić information content (AvgIpc) is 3.39. The first-order valence-corrected chi connectivity index (χ1v) is 15.3. The number of aromatic nitrogens is 2. The van der Waals surface area contributed by atoms with E-state index in [4.69, 9.17) is 4.98 Å². The lowest BCUT2D eigenvalue weighted by atomic mass is 9.91. The van der Waals surface area contributed by atoms with Gasteiger partial charge in [0.2, 0.25) is 0 Å². The molecule has 5 aromatic rings. The van der Waals surface area contributed by atoms with Crippen molar-refractivity contribution in [2.45, 2.75) is 42.7 Å². The van der Waals surface area contributed by atoms with Crippen LogP contribution in [0.3, 0.4) is 0 Å². The van der Waals surface area contributed by atoms with Gasteiger partial charge in [-0.25, -0.2) is 17.4 Å². The summed E-state index contributed by atoms with van der Waals surface area (Å²) < 4.78 is 28.0. The van der Waals surface area contributed by atoms with Crippen LogP contribution in [0.2, 0.25) is 0 Å². The maximum Gasteiger partial charge on any atom is 0.268 e. The number of fused-ring (bicyclic) bond motifs is 2. The highest BCUT2D eigenvalue weighted by molar-refractivity contribution is 7.90. The van der Waals surface area contributed by atoms with E-state index in [9.17, 15) is 13.2 Å². The Kier molecular flexibility index (Phi) is 7.13. The standard InChI is InChI=1S/C32H33N5O3S/c1-36(2)30-20-31(35-28-14-8-6-13-26(28)30)33-22-16-18-23(19-17-22)34-32(38)27-21-37(29-15-9-7-12-25(27)29)41(39,40)24-10-4-3-5-11-24/h3-15,20-23H,16-19H2,1-2H3,(H,33,35)(H,34,38). The number of benzene rings is 3. The Bertz CT molecular complexity index is 1820. The first kappa shape index (κ1) is 26.8. The maximum absolute atomic E-state index is 13.5. The molecule has 8 nitrogen and oxygen atoms in total. The molecule has 0 unspecified atom stereocenters. The number of rotatable bonds is 7. The number of hydrogen-bond acceptors (Lipinski definition) is 6. The van der Waals surface area contributed by atoms with Crippen LogP contribution in [0.1, 0.15) is 36.0 Å². The summed E-state index contributed by atoms with van der Waals surface area (Å²) in [5.74, 6) is 0.596. The van der Waals surface area contributed by atoms with Gasteiger partial charge in [-0.15, -0.1) is 0 Å². The van der Waals surface area contributed by atoms with Gasteiger partial charge in [0.1, 0.15) is 5.82 Å². The lowest BCUT2D eigenvalue weighted by molar-refractivity contribution is 0.0928. The van der Waals surface area contributed by atoms with Crippen molar-refractivity contribution >= 4 is 49.2 Å². The Labute approximate surface area is 240 Å². The Hall–Kier alpha value is -4.37. The van der Waals surface area contributed by atoms with Gasteiger partial charge in [0.25, 0.3) is 15.9 Å². The summed E-state index contributed by atoms with van der Waals surface area (Å²) in [5, 5.41) is 8.51. The van der Waals surface area contributed by atoms with E-state index in [1.54, 1.807) is 48.5 Å². The number of hydrogen-bond donors (Lipinski definition) is 2. The zero-order chi connectivity index (χ0) is 28.6. The summed E-state index contributed by atoms with van der Waals surface area (Å²) in [5.41, 5.74) is 2.91. The van der Waals surface area contributed by atoms with E-state index in [1.807, 2.05) is 38.4 Å². The number of para-hydroxylation sites is 2. The molecule has 6 rings (SSSR count). The van der Waals surface area contributed by atoms with Gasteiger partial charge in [-0.1, -0.05) is 54.6 Å². The molecule has 1 fully saturated rings. The van der Waals surface area contributed by atoms with Gasteiger partial charge in [0.05, 0.1) is 21.5 Å². The fourth-order valence-electron chi connectivity index (χ4n) is 5.69. The Morgan fingerprint density at radius 2 is 1.49 bits per heavy atom. The third-order valence-corrected chi connectivity index (χ3v) is 9.50. The van der Waals surface area contributed by atoms with Crippen LogP contribution in [-0.4, -0.2) is 49.5 Å². The lowest BCUT2D eigenvalue weighted by Crippen LogP contribution is -2.40. The van der Waals surface area contributed by atoms with Crippen molar-refractivity contribution in [2.75, 3.05) is 24.3 Å². The van der Waals surface area contributed by atoms with E-state index in [0.29, 0.717) is 16.5 Å². The number of nitrogens with zero attached hydrogens (tertiary/aromatic N) is 3. The van der Waals surface area contributed by atoms with Crippen LogP contribution >= 0.6 is 0 Å². The number of carbonyl (C=O) groups excluding carboxylic acids is 1. The highest BCUT2D eigenvalue weighted by Gasteiger charge is 2.27. The Balaban J connectivity index is 1.16. The Morgan fingerprint density at radius 1 is 0.854 bits per heavy atom. The first-order valence-electron chi connectivity index (χ1n) is 13.9. The minimum Gasteiger partial charge on any atom is -0.377 e. The van der Waals surface area contributed by atoms with E-state index in [-0.39, 0.29) is 22.9 Å². The van der Waals surface area contributed by atoms with Crippen LogP contribution in [0.5, 0.6) is 0 Å². The molecule has 0 saturated heterocycles. The SMILES string of the molecule is CN(C)c1cc(NC2CCC(NC(=O)c3cn(S(=O)(=O)c4ccccc4)c4ccccc34)CC2)nc2ccccc12. The number of anilines is 2. The zero-order valence-corrected chi connectivity index (χ0v) is 23.9. The molecule has 210 valence electrons. The van der Waals surface area contributed by atoms with Gasteiger partial charge in [-0.2, -0.15) is 0 Å². The van der Waals surface area contributed by atoms with Crippen LogP contribution in [-0.2, 0) is 10.0 Å². The van der Waals surface area contributed by atoms with E-state index in [0.717, 1.165) is 48.1 Å². The molecule has 1 amide bonds. The summed E-state index contributed by atoms with van der Waals surface area (Å²) in [6.07, 6.45) is 4.86. The smallest absolute Gasteiger partial charge is 0.268 e. The molecular formula is C32H33N5O3S. The second-order valence-electron chi connectivity index (χ2n) is 10.8. The third kappa shape index (κ3) is 5.25. The maximum atomic E-state index is 13.5. The summed E-state index contributed by atoms with van der Waals surface area (Å²) in [7, 11) is 0.220. The molecule has 0 atom stereocenters. The lowest BCUT2D eigenvalue weighted by Gasteiger charge is -2.30. The topological polar surface area (TPSA) is 96.3 Å². The van der Waals surface area contributed by atoms with Crippen molar-refractivity contribution in [3.8, 4) is 0 Å². The van der Waals surface area contributed by atoms with Crippen molar-refractivity contribution in [1.82, 2.24) is 14.3 Å². The second kappa shape index (κ2) is 10.9. The van der Waals surface area contributed by atoms with Crippen molar-refractivity contribution in [3.63, 3.8) is 0 Å². The van der Waals surface area contributed by atoms with E-state index in [1.165, 1.54) is 10.2 Å². The normalized spacial score (nSPS) is 17.4. The fourth-order valence-corrected chi connectivity index (χ4v) is 7.08. The molecule has 0 bridgehead atoms. The van der Waals surface area contributed by atoms with Crippen LogP contribution < -0.4 is 15.5 Å². The van der Waals surface area contributed by atoms with Gasteiger partial charge in [0, 0.05) is 54.9 Å². The van der Waals surface area contributed by atoms with Crippen LogP contribution in [0, 0.1) is 0 Å². The van der Waals surface area contributed by atoms with Crippen molar-refractivity contribution in [3.05, 3.63) is 96.7 Å². The molecule has 2 heterocycles. The average molecular weight is 568 g/mol. The van der Waals surface area contributed by atoms with Gasteiger partial charge in [-0.05, 0) is 49.9 Å². The number of amides is 1. The second-order valence-corrected chi connectivity index (χ2v) is 12.6. The summed E-state index contributed by atoms with van der Waals surface area (Å²) in [6, 6.07) is 25.9. The Morgan fingerprint density at radius 3 is 2.22 bits per heavy atom. The van der Waals surface area contributed by atoms with Gasteiger partial charge < -0.3 is 15.5 Å². The summed E-state index contributed by atoms with van der Waals surface area (Å²) in [4.78, 5) is 20.6. The van der Waals surface area contributed by atoms with E-state index in [2.05, 4.69) is 27.7 Å². The molecule has 0 spiro atoms. The predicted octanol–water partition coefficient (Wildman–Crippen LogP) is 5.65. The molecule has 1 aliphatic carbocycles. The number of carbonyl (C=O) groups is 1. The van der Waals surface area contributed by atoms with Crippen molar-refractivity contribution < 1.29 is 13.2 Å². The minimum atomic E-state index is -3.85. The summed E-state index contributed by atoms with van der Waals surface area (Å²) >= 11 is 0. The minimum absolute atomic E-state index is 0.00953. The molecule has 1 aliphatic rings. The molecule has 2 aromatic heterocycles. The van der Waals surface area contributed by atoms with Crippen molar-refractivity contribution in [1.29, 1.82) is 0 Å². The van der Waals surface area contributed by atoms with E-state index >= 15 is 0 Å². The molecular weight excluding hydrogens is 534 g/mol. The van der Waals surface area contributed by atoms with Crippen LogP contribution in [0.25, 0.3) is 21.8 Å². The molecule has 41 heavy (non-hydrogen) atoms. The van der Waals surface area contributed by atoms with Gasteiger partial charge in [-0.3, -0.25) is 4.79 Å². The molecule has 3 aromatic carbocycles. The highest BCUT2D eigenvalue weighted by Crippen LogP contribution is 2.30. The monoisotopic (exact) mass is 567 g/mol.